The third kappa shape index (κ3) is 3.73. The Balaban J connectivity index is 1.74. The van der Waals surface area contributed by atoms with Crippen molar-refractivity contribution in [2.45, 2.75) is 13.5 Å². The van der Waals surface area contributed by atoms with Gasteiger partial charge in [0.2, 0.25) is 0 Å². The van der Waals surface area contributed by atoms with Crippen LogP contribution in [0, 0.1) is 6.92 Å². The predicted octanol–water partition coefficient (Wildman–Crippen LogP) is 4.11. The zero-order valence-electron chi connectivity index (χ0n) is 14.9. The van der Waals surface area contributed by atoms with Gasteiger partial charge in [0, 0.05) is 25.2 Å². The number of hydrogen-bond acceptors (Lipinski definition) is 3. The summed E-state index contributed by atoms with van der Waals surface area (Å²) in [6.07, 6.45) is 0. The maximum atomic E-state index is 11.9. The molecule has 5 nitrogen and oxygen atoms in total. The van der Waals surface area contributed by atoms with E-state index in [4.69, 9.17) is 16.3 Å². The number of aryl methyl sites for hydroxylation is 1. The largest absolute Gasteiger partial charge is 0.489 e. The lowest BCUT2D eigenvalue weighted by atomic mass is 10.2. The highest BCUT2D eigenvalue weighted by Crippen LogP contribution is 2.25. The maximum Gasteiger partial charge on any atom is 0.253 e. The summed E-state index contributed by atoms with van der Waals surface area (Å²) in [5.41, 5.74) is 3.18. The van der Waals surface area contributed by atoms with Crippen LogP contribution in [0.2, 0.25) is 5.15 Å². The summed E-state index contributed by atoms with van der Waals surface area (Å²) in [6, 6.07) is 16.8. The number of ether oxygens (including phenoxy) is 1. The molecule has 0 aliphatic heterocycles. The molecule has 6 heteroatoms. The highest BCUT2D eigenvalue weighted by atomic mass is 35.5. The third-order valence-electron chi connectivity index (χ3n) is 4.01. The first-order chi connectivity index (χ1) is 12.5. The number of hydrogen-bond donors (Lipinski definition) is 0. The van der Waals surface area contributed by atoms with Gasteiger partial charge >= 0.3 is 0 Å². The number of nitrogens with zero attached hydrogens (tertiary/aromatic N) is 3. The lowest BCUT2D eigenvalue weighted by molar-refractivity contribution is 0.0827. The molecule has 0 N–H and O–H groups in total. The average Bonchev–Trinajstić information content (AvgIpc) is 2.94. The highest BCUT2D eigenvalue weighted by molar-refractivity contribution is 6.30. The van der Waals surface area contributed by atoms with Gasteiger partial charge in [-0.3, -0.25) is 4.79 Å². The summed E-state index contributed by atoms with van der Waals surface area (Å²) in [5, 5.41) is 5.04. The molecule has 0 aliphatic rings. The second-order valence-electron chi connectivity index (χ2n) is 6.11. The van der Waals surface area contributed by atoms with Crippen LogP contribution in [0.3, 0.4) is 0 Å². The molecular formula is C20H20ClN3O2. The smallest absolute Gasteiger partial charge is 0.253 e. The van der Waals surface area contributed by atoms with E-state index in [1.54, 1.807) is 43.0 Å². The summed E-state index contributed by atoms with van der Waals surface area (Å²) < 4.78 is 7.54. The summed E-state index contributed by atoms with van der Waals surface area (Å²) in [6.45, 7) is 2.21. The quantitative estimate of drug-likeness (QED) is 0.679. The second kappa shape index (κ2) is 7.62. The first-order valence-electron chi connectivity index (χ1n) is 8.21. The molecule has 0 bridgehead atoms. The van der Waals surface area contributed by atoms with Gasteiger partial charge in [0.05, 0.1) is 11.4 Å². The van der Waals surface area contributed by atoms with Gasteiger partial charge in [-0.1, -0.05) is 29.8 Å². The van der Waals surface area contributed by atoms with Crippen LogP contribution in [0.15, 0.2) is 54.6 Å². The number of rotatable bonds is 5. The van der Waals surface area contributed by atoms with Crippen molar-refractivity contribution in [1.29, 1.82) is 0 Å². The molecule has 0 fully saturated rings. The van der Waals surface area contributed by atoms with E-state index in [0.29, 0.717) is 23.1 Å². The second-order valence-corrected chi connectivity index (χ2v) is 6.47. The molecule has 1 aromatic heterocycles. The standard InChI is InChI=1S/C20H20ClN3O2/c1-14-18(19(21)24(22-14)16-7-5-4-6-8-16)13-26-17-11-9-15(10-12-17)20(25)23(2)3/h4-12H,13H2,1-3H3. The van der Waals surface area contributed by atoms with Crippen LogP contribution in [-0.2, 0) is 6.61 Å². The Labute approximate surface area is 157 Å². The molecule has 3 aromatic rings. The van der Waals surface area contributed by atoms with Crippen molar-refractivity contribution in [3.05, 3.63) is 76.6 Å². The number of aromatic nitrogens is 2. The SMILES string of the molecule is Cc1nn(-c2ccccc2)c(Cl)c1COc1ccc(C(=O)N(C)C)cc1. The Morgan fingerprint density at radius 1 is 1.12 bits per heavy atom. The van der Waals surface area contributed by atoms with Crippen molar-refractivity contribution < 1.29 is 9.53 Å². The highest BCUT2D eigenvalue weighted by Gasteiger charge is 2.15. The lowest BCUT2D eigenvalue weighted by Crippen LogP contribution is -2.21. The molecule has 0 saturated heterocycles. The van der Waals surface area contributed by atoms with E-state index in [-0.39, 0.29) is 5.91 Å². The first kappa shape index (κ1) is 18.0. The number of para-hydroxylation sites is 1. The minimum Gasteiger partial charge on any atom is -0.489 e. The average molecular weight is 370 g/mol. The van der Waals surface area contributed by atoms with Crippen LogP contribution in [0.4, 0.5) is 0 Å². The Kier molecular flexibility index (Phi) is 5.28. The molecule has 0 unspecified atom stereocenters. The molecule has 0 radical (unpaired) electrons. The third-order valence-corrected chi connectivity index (χ3v) is 4.40. The Hall–Kier alpha value is -2.79. The Morgan fingerprint density at radius 2 is 1.77 bits per heavy atom. The van der Waals surface area contributed by atoms with E-state index in [2.05, 4.69) is 5.10 Å². The molecule has 3 rings (SSSR count). The van der Waals surface area contributed by atoms with E-state index < -0.39 is 0 Å². The molecule has 1 amide bonds. The Morgan fingerprint density at radius 3 is 2.38 bits per heavy atom. The van der Waals surface area contributed by atoms with Gasteiger partial charge in [-0.05, 0) is 43.3 Å². The van der Waals surface area contributed by atoms with E-state index >= 15 is 0 Å². The van der Waals surface area contributed by atoms with Crippen LogP contribution in [0.5, 0.6) is 5.75 Å². The zero-order chi connectivity index (χ0) is 18.7. The van der Waals surface area contributed by atoms with Gasteiger partial charge in [-0.15, -0.1) is 0 Å². The molecule has 134 valence electrons. The number of halogens is 1. The summed E-state index contributed by atoms with van der Waals surface area (Å²) in [7, 11) is 3.45. The van der Waals surface area contributed by atoms with Crippen molar-refractivity contribution in [1.82, 2.24) is 14.7 Å². The molecule has 0 atom stereocenters. The minimum absolute atomic E-state index is 0.0421. The summed E-state index contributed by atoms with van der Waals surface area (Å²) in [4.78, 5) is 13.5. The van der Waals surface area contributed by atoms with E-state index in [0.717, 1.165) is 16.9 Å². The van der Waals surface area contributed by atoms with Crippen molar-refractivity contribution in [3.63, 3.8) is 0 Å². The van der Waals surface area contributed by atoms with Gasteiger partial charge in [0.25, 0.3) is 5.91 Å². The maximum absolute atomic E-state index is 11.9. The first-order valence-corrected chi connectivity index (χ1v) is 8.59. The Bertz CT molecular complexity index is 903. The monoisotopic (exact) mass is 369 g/mol. The van der Waals surface area contributed by atoms with Crippen molar-refractivity contribution in [2.24, 2.45) is 0 Å². The number of benzene rings is 2. The molecule has 2 aromatic carbocycles. The number of carbonyl (C=O) groups is 1. The van der Waals surface area contributed by atoms with E-state index in [1.807, 2.05) is 37.3 Å². The van der Waals surface area contributed by atoms with Gasteiger partial charge in [-0.2, -0.15) is 5.10 Å². The van der Waals surface area contributed by atoms with Gasteiger partial charge in [0.15, 0.2) is 0 Å². The predicted molar refractivity (Wildman–Crippen MR) is 102 cm³/mol. The molecular weight excluding hydrogens is 350 g/mol. The lowest BCUT2D eigenvalue weighted by Gasteiger charge is -2.11. The van der Waals surface area contributed by atoms with Crippen LogP contribution in [0.1, 0.15) is 21.6 Å². The van der Waals surface area contributed by atoms with E-state index in [9.17, 15) is 4.79 Å². The summed E-state index contributed by atoms with van der Waals surface area (Å²) in [5.74, 6) is 0.628. The van der Waals surface area contributed by atoms with Gasteiger partial charge < -0.3 is 9.64 Å². The topological polar surface area (TPSA) is 47.4 Å². The zero-order valence-corrected chi connectivity index (χ0v) is 15.7. The van der Waals surface area contributed by atoms with Crippen LogP contribution in [0.25, 0.3) is 5.69 Å². The summed E-state index contributed by atoms with van der Waals surface area (Å²) >= 11 is 6.50. The fraction of sp³-hybridized carbons (Fsp3) is 0.200. The van der Waals surface area contributed by atoms with E-state index in [1.165, 1.54) is 4.90 Å². The van der Waals surface area contributed by atoms with Crippen molar-refractivity contribution in [3.8, 4) is 11.4 Å². The van der Waals surface area contributed by atoms with Crippen molar-refractivity contribution in [2.75, 3.05) is 14.1 Å². The molecule has 1 heterocycles. The van der Waals surface area contributed by atoms with Crippen LogP contribution in [-0.4, -0.2) is 34.7 Å². The molecule has 0 saturated carbocycles. The normalized spacial score (nSPS) is 10.6. The number of amides is 1. The fourth-order valence-electron chi connectivity index (χ4n) is 2.54. The number of carbonyl (C=O) groups excluding carboxylic acids is 1. The fourth-order valence-corrected chi connectivity index (χ4v) is 2.87. The van der Waals surface area contributed by atoms with Crippen molar-refractivity contribution >= 4 is 17.5 Å². The molecule has 0 aliphatic carbocycles. The minimum atomic E-state index is -0.0421. The molecule has 0 spiro atoms. The van der Waals surface area contributed by atoms with Gasteiger partial charge in [0.1, 0.15) is 17.5 Å². The molecule has 26 heavy (non-hydrogen) atoms. The van der Waals surface area contributed by atoms with Crippen LogP contribution < -0.4 is 4.74 Å². The van der Waals surface area contributed by atoms with Gasteiger partial charge in [-0.25, -0.2) is 4.68 Å². The van der Waals surface area contributed by atoms with Crippen LogP contribution >= 0.6 is 11.6 Å².